The van der Waals surface area contributed by atoms with Gasteiger partial charge in [0.05, 0.1) is 11.3 Å². The third kappa shape index (κ3) is 2.73. The number of halogens is 3. The summed E-state index contributed by atoms with van der Waals surface area (Å²) < 4.78 is 39.2. The number of thiol groups is 1. The Balaban J connectivity index is 2.31. The Bertz CT molecular complexity index is 646. The number of carbonyl (C=O) groups is 1. The number of carbonyl (C=O) groups excluding carboxylic acids is 1. The van der Waals surface area contributed by atoms with Gasteiger partial charge in [0, 0.05) is 4.90 Å². The molecule has 1 N–H and O–H groups in total. The third-order valence-corrected chi connectivity index (χ3v) is 2.82. The van der Waals surface area contributed by atoms with Crippen molar-refractivity contribution in [1.82, 2.24) is 0 Å². The van der Waals surface area contributed by atoms with Crippen LogP contribution in [-0.4, -0.2) is 5.91 Å². The van der Waals surface area contributed by atoms with Crippen LogP contribution in [0.5, 0.6) is 0 Å². The summed E-state index contributed by atoms with van der Waals surface area (Å²) in [6.07, 6.45) is 0. The largest absolute Gasteiger partial charge is 0.321 e. The number of amides is 1. The lowest BCUT2D eigenvalue weighted by molar-refractivity contribution is 0.102. The van der Waals surface area contributed by atoms with Crippen LogP contribution in [0, 0.1) is 17.5 Å². The second kappa shape index (κ2) is 5.36. The summed E-state index contributed by atoms with van der Waals surface area (Å²) in [6.45, 7) is 0. The number of hydrogen-bond donors (Lipinski definition) is 2. The van der Waals surface area contributed by atoms with Crippen molar-refractivity contribution >= 4 is 24.2 Å². The fraction of sp³-hybridized carbons (Fsp3) is 0. The summed E-state index contributed by atoms with van der Waals surface area (Å²) in [4.78, 5) is 12.2. The van der Waals surface area contributed by atoms with E-state index in [1.165, 1.54) is 0 Å². The first-order valence-electron chi connectivity index (χ1n) is 5.23. The molecule has 0 fully saturated rings. The van der Waals surface area contributed by atoms with Gasteiger partial charge in [0.15, 0.2) is 17.5 Å². The van der Waals surface area contributed by atoms with E-state index >= 15 is 0 Å². The lowest BCUT2D eigenvalue weighted by atomic mass is 10.1. The molecule has 0 unspecified atom stereocenters. The Morgan fingerprint density at radius 3 is 2.37 bits per heavy atom. The Kier molecular flexibility index (Phi) is 3.80. The van der Waals surface area contributed by atoms with E-state index in [2.05, 4.69) is 17.9 Å². The molecule has 2 nitrogen and oxygen atoms in total. The molecule has 98 valence electrons. The number of benzene rings is 2. The standard InChI is InChI=1S/C13H8F3NOS/c14-8-6-5-7(11(15)12(8)16)13(18)17-9-3-1-2-4-10(9)19/h1-6,19H,(H,17,18). The fourth-order valence-corrected chi connectivity index (χ4v) is 1.69. The minimum absolute atomic E-state index is 0.347. The van der Waals surface area contributed by atoms with Gasteiger partial charge in [-0.25, -0.2) is 13.2 Å². The van der Waals surface area contributed by atoms with Crippen molar-refractivity contribution in [3.05, 3.63) is 59.4 Å². The molecule has 0 aliphatic rings. The van der Waals surface area contributed by atoms with Crippen molar-refractivity contribution < 1.29 is 18.0 Å². The van der Waals surface area contributed by atoms with Crippen molar-refractivity contribution in [2.75, 3.05) is 5.32 Å². The zero-order valence-electron chi connectivity index (χ0n) is 9.45. The average Bonchev–Trinajstić information content (AvgIpc) is 2.39. The molecule has 0 bridgehead atoms. The van der Waals surface area contributed by atoms with Crippen molar-refractivity contribution in [3.8, 4) is 0 Å². The monoisotopic (exact) mass is 283 g/mol. The first-order chi connectivity index (χ1) is 9.00. The molecule has 6 heteroatoms. The molecule has 1 amide bonds. The van der Waals surface area contributed by atoms with Gasteiger partial charge in [-0.2, -0.15) is 0 Å². The molecule has 0 saturated heterocycles. The van der Waals surface area contributed by atoms with Crippen LogP contribution in [0.2, 0.25) is 0 Å². The van der Waals surface area contributed by atoms with E-state index in [1.807, 2.05) is 0 Å². The molecular weight excluding hydrogens is 275 g/mol. The highest BCUT2D eigenvalue weighted by atomic mass is 32.1. The fourth-order valence-electron chi connectivity index (χ4n) is 1.47. The van der Waals surface area contributed by atoms with E-state index in [1.54, 1.807) is 24.3 Å². The minimum atomic E-state index is -1.67. The van der Waals surface area contributed by atoms with Gasteiger partial charge in [-0.15, -0.1) is 12.6 Å². The van der Waals surface area contributed by atoms with Crippen LogP contribution in [0.15, 0.2) is 41.3 Å². The van der Waals surface area contributed by atoms with Gasteiger partial charge >= 0.3 is 0 Å². The van der Waals surface area contributed by atoms with Gasteiger partial charge < -0.3 is 5.32 Å². The first-order valence-corrected chi connectivity index (χ1v) is 5.68. The summed E-state index contributed by atoms with van der Waals surface area (Å²) in [7, 11) is 0. The molecule has 0 radical (unpaired) electrons. The van der Waals surface area contributed by atoms with Crippen LogP contribution >= 0.6 is 12.6 Å². The van der Waals surface area contributed by atoms with Crippen LogP contribution in [0.25, 0.3) is 0 Å². The number of anilines is 1. The number of rotatable bonds is 2. The van der Waals surface area contributed by atoms with Crippen molar-refractivity contribution in [1.29, 1.82) is 0 Å². The Labute approximate surface area is 112 Å². The molecule has 0 spiro atoms. The predicted molar refractivity (Wildman–Crippen MR) is 68.0 cm³/mol. The molecule has 2 aromatic carbocycles. The summed E-state index contributed by atoms with van der Waals surface area (Å²) in [5.41, 5.74) is -0.226. The zero-order chi connectivity index (χ0) is 14.0. The maximum absolute atomic E-state index is 13.4. The second-order valence-electron chi connectivity index (χ2n) is 3.69. The van der Waals surface area contributed by atoms with Crippen LogP contribution in [-0.2, 0) is 0 Å². The maximum Gasteiger partial charge on any atom is 0.258 e. The van der Waals surface area contributed by atoms with Crippen molar-refractivity contribution in [3.63, 3.8) is 0 Å². The van der Waals surface area contributed by atoms with Crippen LogP contribution in [0.4, 0.5) is 18.9 Å². The highest BCUT2D eigenvalue weighted by Crippen LogP contribution is 2.21. The van der Waals surface area contributed by atoms with E-state index in [9.17, 15) is 18.0 Å². The molecular formula is C13H8F3NOS. The second-order valence-corrected chi connectivity index (χ2v) is 4.18. The highest BCUT2D eigenvalue weighted by Gasteiger charge is 2.19. The summed E-state index contributed by atoms with van der Waals surface area (Å²) in [5.74, 6) is -5.41. The summed E-state index contributed by atoms with van der Waals surface area (Å²) in [6, 6.07) is 8.11. The van der Waals surface area contributed by atoms with Gasteiger partial charge in [0.25, 0.3) is 5.91 Å². The predicted octanol–water partition coefficient (Wildman–Crippen LogP) is 3.64. The topological polar surface area (TPSA) is 29.1 Å². The normalized spacial score (nSPS) is 10.3. The quantitative estimate of drug-likeness (QED) is 0.639. The highest BCUT2D eigenvalue weighted by molar-refractivity contribution is 7.80. The van der Waals surface area contributed by atoms with E-state index in [-0.39, 0.29) is 0 Å². The molecule has 0 aromatic heterocycles. The molecule has 2 aromatic rings. The van der Waals surface area contributed by atoms with Crippen LogP contribution in [0.1, 0.15) is 10.4 Å². The molecule has 2 rings (SSSR count). The SMILES string of the molecule is O=C(Nc1ccccc1S)c1ccc(F)c(F)c1F. The Morgan fingerprint density at radius 1 is 1.00 bits per heavy atom. The lowest BCUT2D eigenvalue weighted by Crippen LogP contribution is -2.15. The van der Waals surface area contributed by atoms with Crippen LogP contribution < -0.4 is 5.32 Å². The third-order valence-electron chi connectivity index (χ3n) is 2.43. The number of hydrogen-bond acceptors (Lipinski definition) is 2. The van der Waals surface area contributed by atoms with Gasteiger partial charge in [-0.3, -0.25) is 4.79 Å². The number of nitrogens with one attached hydrogen (secondary N) is 1. The molecule has 19 heavy (non-hydrogen) atoms. The summed E-state index contributed by atoms with van der Waals surface area (Å²) in [5, 5.41) is 2.37. The van der Waals surface area contributed by atoms with Crippen molar-refractivity contribution in [2.45, 2.75) is 4.90 Å². The summed E-state index contributed by atoms with van der Waals surface area (Å²) >= 11 is 4.10. The zero-order valence-corrected chi connectivity index (χ0v) is 10.3. The van der Waals surface area contributed by atoms with Gasteiger partial charge in [0.1, 0.15) is 0 Å². The van der Waals surface area contributed by atoms with Gasteiger partial charge in [0.2, 0.25) is 0 Å². The van der Waals surface area contributed by atoms with E-state index in [0.717, 1.165) is 6.07 Å². The average molecular weight is 283 g/mol. The van der Waals surface area contributed by atoms with E-state index in [0.29, 0.717) is 16.6 Å². The first kappa shape index (κ1) is 13.5. The Hall–Kier alpha value is -1.95. The van der Waals surface area contributed by atoms with Crippen molar-refractivity contribution in [2.24, 2.45) is 0 Å². The van der Waals surface area contributed by atoms with Gasteiger partial charge in [-0.05, 0) is 24.3 Å². The van der Waals surface area contributed by atoms with E-state index in [4.69, 9.17) is 0 Å². The van der Waals surface area contributed by atoms with Gasteiger partial charge in [-0.1, -0.05) is 12.1 Å². The smallest absolute Gasteiger partial charge is 0.258 e. The molecule has 0 heterocycles. The molecule has 0 atom stereocenters. The minimum Gasteiger partial charge on any atom is -0.321 e. The van der Waals surface area contributed by atoms with Crippen LogP contribution in [0.3, 0.4) is 0 Å². The van der Waals surface area contributed by atoms with E-state index < -0.39 is 28.9 Å². The lowest BCUT2D eigenvalue weighted by Gasteiger charge is -2.08. The molecule has 0 aliphatic heterocycles. The Morgan fingerprint density at radius 2 is 1.68 bits per heavy atom. The molecule has 0 aliphatic carbocycles. The number of para-hydroxylation sites is 1. The molecule has 0 saturated carbocycles. The maximum atomic E-state index is 13.4.